The Bertz CT molecular complexity index is 574. The monoisotopic (exact) mass is 274 g/mol. The van der Waals surface area contributed by atoms with E-state index < -0.39 is 0 Å². The minimum absolute atomic E-state index is 0.278. The van der Waals surface area contributed by atoms with Crippen LogP contribution in [0.25, 0.3) is 0 Å². The quantitative estimate of drug-likeness (QED) is 0.468. The first kappa shape index (κ1) is 14.2. The highest BCUT2D eigenvalue weighted by Crippen LogP contribution is 2.14. The molecular formula is C14H18N4O2. The molecule has 0 spiro atoms. The van der Waals surface area contributed by atoms with Crippen LogP contribution < -0.4 is 15.1 Å². The van der Waals surface area contributed by atoms with Crippen molar-refractivity contribution in [1.82, 2.24) is 10.6 Å². The largest absolute Gasteiger partial charge is 0.862 e. The molecule has 0 saturated heterocycles. The van der Waals surface area contributed by atoms with E-state index in [-0.39, 0.29) is 11.8 Å². The molecule has 1 N–H and O–H groups in total. The molecule has 1 heterocycles. The van der Waals surface area contributed by atoms with Crippen LogP contribution in [0.4, 0.5) is 5.88 Å². The van der Waals surface area contributed by atoms with E-state index in [0.717, 1.165) is 12.1 Å². The van der Waals surface area contributed by atoms with Gasteiger partial charge in [-0.25, -0.2) is 4.99 Å². The topological polar surface area (TPSA) is 77.4 Å². The van der Waals surface area contributed by atoms with E-state index in [4.69, 9.17) is 4.52 Å². The van der Waals surface area contributed by atoms with Crippen molar-refractivity contribution in [3.8, 4) is 0 Å². The van der Waals surface area contributed by atoms with E-state index in [1.165, 1.54) is 12.5 Å². The van der Waals surface area contributed by atoms with Crippen molar-refractivity contribution in [2.75, 3.05) is 7.05 Å². The average Bonchev–Trinajstić information content (AvgIpc) is 2.80. The first-order chi connectivity index (χ1) is 9.70. The summed E-state index contributed by atoms with van der Waals surface area (Å²) in [5.41, 5.74) is 2.00. The summed E-state index contributed by atoms with van der Waals surface area (Å²) < 4.78 is 6.87. The fraction of sp³-hybridized carbons (Fsp3) is 0.357. The zero-order valence-corrected chi connectivity index (χ0v) is 11.7. The van der Waals surface area contributed by atoms with Crippen LogP contribution in [0.3, 0.4) is 0 Å². The lowest BCUT2D eigenvalue weighted by Gasteiger charge is -1.99. The number of aliphatic imine (C=N–C) groups is 1. The van der Waals surface area contributed by atoms with Gasteiger partial charge in [0.05, 0.1) is 6.54 Å². The maximum atomic E-state index is 11.1. The van der Waals surface area contributed by atoms with Crippen molar-refractivity contribution in [1.29, 1.82) is 0 Å². The third-order valence-electron chi connectivity index (χ3n) is 2.84. The number of aromatic nitrogens is 2. The van der Waals surface area contributed by atoms with E-state index >= 15 is 0 Å². The van der Waals surface area contributed by atoms with Gasteiger partial charge in [-0.05, 0) is 30.1 Å². The molecular weight excluding hydrogens is 256 g/mol. The average molecular weight is 274 g/mol. The van der Waals surface area contributed by atoms with Crippen molar-refractivity contribution >= 4 is 11.8 Å². The molecule has 0 fully saturated rings. The molecule has 1 aromatic carbocycles. The Hall–Kier alpha value is -2.21. The summed E-state index contributed by atoms with van der Waals surface area (Å²) >= 11 is 0. The third kappa shape index (κ3) is 3.64. The van der Waals surface area contributed by atoms with Crippen molar-refractivity contribution in [3.63, 3.8) is 0 Å². The summed E-state index contributed by atoms with van der Waals surface area (Å²) in [7, 11) is 1.83. The second-order valence-electron chi connectivity index (χ2n) is 4.44. The molecule has 0 aliphatic heterocycles. The lowest BCUT2D eigenvalue weighted by Crippen LogP contribution is -2.41. The van der Waals surface area contributed by atoms with Crippen molar-refractivity contribution in [2.24, 2.45) is 4.99 Å². The van der Waals surface area contributed by atoms with Crippen LogP contribution in [-0.4, -0.2) is 18.2 Å². The number of nitrogens with one attached hydrogen (secondary N) is 1. The third-order valence-corrected chi connectivity index (χ3v) is 2.84. The van der Waals surface area contributed by atoms with Crippen LogP contribution in [0.15, 0.2) is 39.8 Å². The van der Waals surface area contributed by atoms with Gasteiger partial charge in [-0.1, -0.05) is 30.3 Å². The summed E-state index contributed by atoms with van der Waals surface area (Å²) in [6.45, 7) is 2.61. The van der Waals surface area contributed by atoms with Crippen LogP contribution in [0.5, 0.6) is 0 Å². The Balaban J connectivity index is 2.15. The van der Waals surface area contributed by atoms with Gasteiger partial charge in [-0.15, -0.1) is 0 Å². The lowest BCUT2D eigenvalue weighted by molar-refractivity contribution is -0.767. The molecule has 1 aromatic heterocycles. The summed E-state index contributed by atoms with van der Waals surface area (Å²) in [4.78, 5) is 3.82. The van der Waals surface area contributed by atoms with Gasteiger partial charge in [0.15, 0.2) is 6.54 Å². The maximum absolute atomic E-state index is 11.1. The smallest absolute Gasteiger partial charge is 0.325 e. The summed E-state index contributed by atoms with van der Waals surface area (Å²) in [6, 6.07) is 10.1. The summed E-state index contributed by atoms with van der Waals surface area (Å²) in [5, 5.41) is 18.1. The fourth-order valence-corrected chi connectivity index (χ4v) is 1.92. The molecule has 2 aromatic rings. The minimum atomic E-state index is -0.297. The van der Waals surface area contributed by atoms with Crippen molar-refractivity contribution in [2.45, 2.75) is 26.4 Å². The van der Waals surface area contributed by atoms with Gasteiger partial charge in [0.25, 0.3) is 5.69 Å². The Morgan fingerprint density at radius 1 is 1.40 bits per heavy atom. The van der Waals surface area contributed by atoms with E-state index in [9.17, 15) is 5.11 Å². The highest BCUT2D eigenvalue weighted by molar-refractivity contribution is 5.71. The van der Waals surface area contributed by atoms with Crippen LogP contribution in [-0.2, 0) is 19.5 Å². The van der Waals surface area contributed by atoms with Gasteiger partial charge >= 0.3 is 5.88 Å². The fourth-order valence-electron chi connectivity index (χ4n) is 1.92. The van der Waals surface area contributed by atoms with Gasteiger partial charge in [0, 0.05) is 6.42 Å². The van der Waals surface area contributed by atoms with Gasteiger partial charge < -0.3 is 10.4 Å². The Morgan fingerprint density at radius 3 is 2.80 bits per heavy atom. The van der Waals surface area contributed by atoms with Crippen LogP contribution in [0, 0.1) is 0 Å². The number of benzene rings is 1. The molecule has 0 amide bonds. The number of hydrogen-bond acceptors (Lipinski definition) is 5. The number of aryl methyl sites for hydroxylation is 2. The first-order valence-corrected chi connectivity index (χ1v) is 6.50. The number of rotatable bonds is 6. The molecule has 0 aliphatic carbocycles. The lowest BCUT2D eigenvalue weighted by atomic mass is 10.1. The van der Waals surface area contributed by atoms with Gasteiger partial charge in [-0.3, -0.25) is 4.52 Å². The van der Waals surface area contributed by atoms with Crippen molar-refractivity contribution in [3.05, 3.63) is 41.6 Å². The number of hydrogen-bond donors (Lipinski definition) is 1. The molecule has 6 heteroatoms. The zero-order chi connectivity index (χ0) is 14.4. The highest BCUT2D eigenvalue weighted by atomic mass is 16.5. The van der Waals surface area contributed by atoms with Gasteiger partial charge in [-0.2, -0.15) is 0 Å². The van der Waals surface area contributed by atoms with Crippen LogP contribution in [0.2, 0.25) is 0 Å². The standard InChI is InChI=1S/C14H18N4O2/c1-11(19)16-14-13(10-15-2)18(17-20-14)9-8-12-6-4-3-5-7-12/h3-7,15H,8-10H2,1-2H3. The molecule has 0 unspecified atom stereocenters. The highest BCUT2D eigenvalue weighted by Gasteiger charge is 2.23. The SMILES string of the molecule is CNCc1c(/N=C(/C)[O-])on[n+]1CCc1ccccc1. The zero-order valence-electron chi connectivity index (χ0n) is 11.7. The molecule has 20 heavy (non-hydrogen) atoms. The van der Waals surface area contributed by atoms with E-state index in [1.807, 2.05) is 25.2 Å². The minimum Gasteiger partial charge on any atom is -0.862 e. The van der Waals surface area contributed by atoms with Crippen LogP contribution in [0.1, 0.15) is 18.2 Å². The normalized spacial score (nSPS) is 11.8. The molecule has 6 nitrogen and oxygen atoms in total. The second kappa shape index (κ2) is 6.81. The molecule has 2 rings (SSSR count). The molecule has 0 aliphatic rings. The van der Waals surface area contributed by atoms with E-state index in [1.54, 1.807) is 4.68 Å². The summed E-state index contributed by atoms with van der Waals surface area (Å²) in [5.74, 6) is -0.0198. The van der Waals surface area contributed by atoms with Gasteiger partial charge in [0.1, 0.15) is 0 Å². The second-order valence-corrected chi connectivity index (χ2v) is 4.44. The van der Waals surface area contributed by atoms with Crippen molar-refractivity contribution < 1.29 is 14.3 Å². The maximum Gasteiger partial charge on any atom is 0.325 e. The molecule has 0 atom stereocenters. The Labute approximate surface area is 117 Å². The molecule has 0 saturated carbocycles. The molecule has 106 valence electrons. The molecule has 0 radical (unpaired) electrons. The predicted octanol–water partition coefficient (Wildman–Crippen LogP) is 0.334. The van der Waals surface area contributed by atoms with E-state index in [0.29, 0.717) is 13.1 Å². The first-order valence-electron chi connectivity index (χ1n) is 6.50. The molecule has 0 bridgehead atoms. The number of nitrogens with zero attached hydrogens (tertiary/aromatic N) is 3. The predicted molar refractivity (Wildman–Crippen MR) is 72.4 cm³/mol. The summed E-state index contributed by atoms with van der Waals surface area (Å²) in [6.07, 6.45) is 0.842. The van der Waals surface area contributed by atoms with Crippen LogP contribution >= 0.6 is 0 Å². The Kier molecular flexibility index (Phi) is 4.84. The van der Waals surface area contributed by atoms with Gasteiger partial charge in [0.2, 0.25) is 5.27 Å². The Morgan fingerprint density at radius 2 is 2.15 bits per heavy atom. The van der Waals surface area contributed by atoms with E-state index in [2.05, 4.69) is 27.7 Å².